The van der Waals surface area contributed by atoms with E-state index in [1.807, 2.05) is 62.4 Å². The lowest BCUT2D eigenvalue weighted by atomic mass is 10.0. The molecule has 0 saturated carbocycles. The van der Waals surface area contributed by atoms with Crippen LogP contribution in [-0.4, -0.2) is 29.2 Å². The Balaban J connectivity index is 1.69. The van der Waals surface area contributed by atoms with Gasteiger partial charge in [-0.15, -0.1) is 0 Å². The summed E-state index contributed by atoms with van der Waals surface area (Å²) in [6.07, 6.45) is 0.465. The van der Waals surface area contributed by atoms with Crippen LogP contribution in [0, 0.1) is 5.92 Å². The van der Waals surface area contributed by atoms with E-state index in [2.05, 4.69) is 5.16 Å². The maximum atomic E-state index is 12.7. The molecule has 0 bridgehead atoms. The van der Waals surface area contributed by atoms with E-state index in [0.717, 1.165) is 16.8 Å². The number of amides is 1. The SMILES string of the molecule is CC(C)C(=O)N(Cc1ccccc1Cl)CC1CC(c2ccc(Cl)cc2)=NO1. The Labute approximate surface area is 169 Å². The van der Waals surface area contributed by atoms with Crippen LogP contribution in [-0.2, 0) is 16.2 Å². The van der Waals surface area contributed by atoms with Crippen LogP contribution in [0.3, 0.4) is 0 Å². The molecule has 0 N–H and O–H groups in total. The molecule has 3 rings (SSSR count). The van der Waals surface area contributed by atoms with Gasteiger partial charge in [0, 0.05) is 28.9 Å². The van der Waals surface area contributed by atoms with Gasteiger partial charge < -0.3 is 9.74 Å². The summed E-state index contributed by atoms with van der Waals surface area (Å²) in [5.41, 5.74) is 2.77. The number of halogens is 2. The van der Waals surface area contributed by atoms with Crippen LogP contribution in [0.5, 0.6) is 0 Å². The van der Waals surface area contributed by atoms with Crippen LogP contribution < -0.4 is 0 Å². The molecule has 6 heteroatoms. The second kappa shape index (κ2) is 8.77. The Hall–Kier alpha value is -2.04. The van der Waals surface area contributed by atoms with Gasteiger partial charge >= 0.3 is 0 Å². The van der Waals surface area contributed by atoms with Crippen molar-refractivity contribution in [2.45, 2.75) is 32.9 Å². The van der Waals surface area contributed by atoms with Crippen LogP contribution in [0.4, 0.5) is 0 Å². The monoisotopic (exact) mass is 404 g/mol. The van der Waals surface area contributed by atoms with Gasteiger partial charge in [0.2, 0.25) is 5.91 Å². The molecular weight excluding hydrogens is 383 g/mol. The van der Waals surface area contributed by atoms with Gasteiger partial charge in [0.25, 0.3) is 0 Å². The number of nitrogens with zero attached hydrogens (tertiary/aromatic N) is 2. The van der Waals surface area contributed by atoms with Crippen molar-refractivity contribution in [2.24, 2.45) is 11.1 Å². The van der Waals surface area contributed by atoms with Crippen LogP contribution in [0.1, 0.15) is 31.4 Å². The first-order valence-electron chi connectivity index (χ1n) is 8.95. The van der Waals surface area contributed by atoms with Gasteiger partial charge in [-0.1, -0.05) is 72.5 Å². The standard InChI is InChI=1S/C21H22Cl2N2O2/c1-14(2)21(26)25(12-16-5-3-4-6-19(16)23)13-18-11-20(24-27-18)15-7-9-17(22)10-8-15/h3-10,14,18H,11-13H2,1-2H3. The fourth-order valence-electron chi connectivity index (χ4n) is 3.01. The highest BCUT2D eigenvalue weighted by atomic mass is 35.5. The predicted molar refractivity (Wildman–Crippen MR) is 109 cm³/mol. The molecule has 0 radical (unpaired) electrons. The summed E-state index contributed by atoms with van der Waals surface area (Å²) in [6, 6.07) is 15.1. The molecule has 0 aromatic heterocycles. The van der Waals surface area contributed by atoms with Gasteiger partial charge in [-0.05, 0) is 29.3 Å². The Bertz CT molecular complexity index is 834. The molecule has 2 aromatic rings. The number of carbonyl (C=O) groups is 1. The number of rotatable bonds is 6. The lowest BCUT2D eigenvalue weighted by molar-refractivity contribution is -0.136. The lowest BCUT2D eigenvalue weighted by Crippen LogP contribution is -2.39. The average molecular weight is 405 g/mol. The zero-order valence-electron chi connectivity index (χ0n) is 15.4. The van der Waals surface area contributed by atoms with E-state index in [1.165, 1.54) is 0 Å². The molecule has 2 aromatic carbocycles. The third-order valence-corrected chi connectivity index (χ3v) is 5.08. The largest absolute Gasteiger partial charge is 0.390 e. The van der Waals surface area contributed by atoms with Crippen LogP contribution in [0.2, 0.25) is 10.0 Å². The molecule has 27 heavy (non-hydrogen) atoms. The zero-order chi connectivity index (χ0) is 19.4. The fourth-order valence-corrected chi connectivity index (χ4v) is 3.34. The summed E-state index contributed by atoms with van der Waals surface area (Å²) in [6.45, 7) is 4.70. The molecule has 1 amide bonds. The summed E-state index contributed by atoms with van der Waals surface area (Å²) in [7, 11) is 0. The highest BCUT2D eigenvalue weighted by Crippen LogP contribution is 2.22. The highest BCUT2D eigenvalue weighted by molar-refractivity contribution is 6.31. The smallest absolute Gasteiger partial charge is 0.225 e. The van der Waals surface area contributed by atoms with Crippen LogP contribution >= 0.6 is 23.2 Å². The van der Waals surface area contributed by atoms with E-state index in [-0.39, 0.29) is 17.9 Å². The van der Waals surface area contributed by atoms with Crippen molar-refractivity contribution >= 4 is 34.8 Å². The average Bonchev–Trinajstić information content (AvgIpc) is 3.11. The van der Waals surface area contributed by atoms with Gasteiger partial charge in [0.15, 0.2) is 6.10 Å². The Morgan fingerprint density at radius 3 is 2.56 bits per heavy atom. The van der Waals surface area contributed by atoms with Gasteiger partial charge in [-0.2, -0.15) is 0 Å². The molecule has 1 aliphatic heterocycles. The molecule has 0 saturated heterocycles. The van der Waals surface area contributed by atoms with Gasteiger partial charge in [-0.3, -0.25) is 4.79 Å². The Kier molecular flexibility index (Phi) is 6.40. The van der Waals surface area contributed by atoms with E-state index in [1.54, 1.807) is 4.90 Å². The molecule has 0 spiro atoms. The van der Waals surface area contributed by atoms with Crippen LogP contribution in [0.25, 0.3) is 0 Å². The third-order valence-electron chi connectivity index (χ3n) is 4.46. The molecule has 1 atom stereocenters. The normalized spacial score (nSPS) is 16.2. The first kappa shape index (κ1) is 19.7. The number of carbonyl (C=O) groups excluding carboxylic acids is 1. The van der Waals surface area contributed by atoms with Gasteiger partial charge in [0.1, 0.15) is 0 Å². The van der Waals surface area contributed by atoms with Gasteiger partial charge in [0.05, 0.1) is 12.3 Å². The van der Waals surface area contributed by atoms with Crippen molar-refractivity contribution in [2.75, 3.05) is 6.54 Å². The molecule has 1 aliphatic rings. The second-order valence-corrected chi connectivity index (χ2v) is 7.78. The molecule has 1 unspecified atom stereocenters. The van der Waals surface area contributed by atoms with Crippen molar-refractivity contribution < 1.29 is 9.63 Å². The van der Waals surface area contributed by atoms with E-state index < -0.39 is 0 Å². The number of hydrogen-bond donors (Lipinski definition) is 0. The molecule has 4 nitrogen and oxygen atoms in total. The van der Waals surface area contributed by atoms with Crippen LogP contribution in [0.15, 0.2) is 53.7 Å². The Morgan fingerprint density at radius 2 is 1.89 bits per heavy atom. The molecule has 0 fully saturated rings. The topological polar surface area (TPSA) is 41.9 Å². The predicted octanol–water partition coefficient (Wildman–Crippen LogP) is 5.17. The Morgan fingerprint density at radius 1 is 1.19 bits per heavy atom. The minimum absolute atomic E-state index is 0.0680. The summed E-state index contributed by atoms with van der Waals surface area (Å²) < 4.78 is 0. The van der Waals surface area contributed by atoms with E-state index in [9.17, 15) is 4.79 Å². The van der Waals surface area contributed by atoms with E-state index >= 15 is 0 Å². The minimum atomic E-state index is -0.180. The van der Waals surface area contributed by atoms with E-state index in [0.29, 0.717) is 29.6 Å². The van der Waals surface area contributed by atoms with Crippen molar-refractivity contribution in [3.05, 3.63) is 69.7 Å². The van der Waals surface area contributed by atoms with Gasteiger partial charge in [-0.25, -0.2) is 0 Å². The van der Waals surface area contributed by atoms with Crippen molar-refractivity contribution in [1.29, 1.82) is 0 Å². The summed E-state index contributed by atoms with van der Waals surface area (Å²) in [4.78, 5) is 20.1. The lowest BCUT2D eigenvalue weighted by Gasteiger charge is -2.27. The number of benzene rings is 2. The second-order valence-electron chi connectivity index (χ2n) is 6.94. The molecular formula is C21H22Cl2N2O2. The molecule has 1 heterocycles. The zero-order valence-corrected chi connectivity index (χ0v) is 16.9. The first-order valence-corrected chi connectivity index (χ1v) is 9.70. The fraction of sp³-hybridized carbons (Fsp3) is 0.333. The maximum Gasteiger partial charge on any atom is 0.225 e. The highest BCUT2D eigenvalue weighted by Gasteiger charge is 2.28. The molecule has 0 aliphatic carbocycles. The maximum absolute atomic E-state index is 12.7. The number of hydrogen-bond acceptors (Lipinski definition) is 3. The van der Waals surface area contributed by atoms with Crippen molar-refractivity contribution in [3.63, 3.8) is 0 Å². The summed E-state index contributed by atoms with van der Waals surface area (Å²) >= 11 is 12.2. The molecule has 142 valence electrons. The van der Waals surface area contributed by atoms with E-state index in [4.69, 9.17) is 28.0 Å². The quantitative estimate of drug-likeness (QED) is 0.665. The van der Waals surface area contributed by atoms with Crippen molar-refractivity contribution in [3.8, 4) is 0 Å². The first-order chi connectivity index (χ1) is 12.9. The number of oxime groups is 1. The minimum Gasteiger partial charge on any atom is -0.390 e. The third kappa shape index (κ3) is 5.02. The summed E-state index contributed by atoms with van der Waals surface area (Å²) in [5.74, 6) is -0.0380. The summed E-state index contributed by atoms with van der Waals surface area (Å²) in [5, 5.41) is 5.55. The van der Waals surface area contributed by atoms with Crippen molar-refractivity contribution in [1.82, 2.24) is 4.90 Å².